The van der Waals surface area contributed by atoms with Gasteiger partial charge in [0, 0.05) is 34.4 Å². The molecular weight excluding hydrogens is 556 g/mol. The molecule has 4 rings (SSSR count). The van der Waals surface area contributed by atoms with Crippen LogP contribution in [0.15, 0.2) is 9.98 Å². The zero-order valence-corrected chi connectivity index (χ0v) is 25.0. The first-order valence-electron chi connectivity index (χ1n) is 14.7. The molecule has 0 aromatic rings. The molecule has 4 aliphatic heterocycles. The highest BCUT2D eigenvalue weighted by Crippen LogP contribution is 2.30. The van der Waals surface area contributed by atoms with E-state index in [1.165, 1.54) is 21.3 Å². The fraction of sp³-hybridized carbons (Fsp3) is 0.929. The van der Waals surface area contributed by atoms with Gasteiger partial charge in [0.15, 0.2) is 12.6 Å². The Morgan fingerprint density at radius 3 is 1.71 bits per heavy atom. The molecule has 12 unspecified atom stereocenters. The van der Waals surface area contributed by atoms with Gasteiger partial charge in [-0.05, 0) is 31.7 Å². The Balaban J connectivity index is 1.22. The SMILES string of the molecule is COCC1C(COCC2CO2)OC(OC)C(N=CCCCC=NC2C(OC)OC(COCC3CO3)C(OC)C2O)C1O. The summed E-state index contributed by atoms with van der Waals surface area (Å²) in [4.78, 5) is 9.14. The predicted octanol–water partition coefficient (Wildman–Crippen LogP) is -0.392. The average molecular weight is 605 g/mol. The number of hydrogen-bond acceptors (Lipinski definition) is 14. The number of aliphatic imine (C=N–C) groups is 2. The van der Waals surface area contributed by atoms with E-state index in [4.69, 9.17) is 47.4 Å². The van der Waals surface area contributed by atoms with Crippen molar-refractivity contribution in [1.82, 2.24) is 0 Å². The van der Waals surface area contributed by atoms with E-state index in [0.29, 0.717) is 52.5 Å². The van der Waals surface area contributed by atoms with Crippen molar-refractivity contribution >= 4 is 12.4 Å². The van der Waals surface area contributed by atoms with Crippen molar-refractivity contribution in [1.29, 1.82) is 0 Å². The Hall–Kier alpha value is -1.14. The number of methoxy groups -OCH3 is 4. The van der Waals surface area contributed by atoms with Gasteiger partial charge in [0.05, 0.1) is 58.5 Å². The van der Waals surface area contributed by atoms with Gasteiger partial charge >= 0.3 is 0 Å². The highest BCUT2D eigenvalue weighted by molar-refractivity contribution is 5.61. The lowest BCUT2D eigenvalue weighted by Gasteiger charge is -2.42. The van der Waals surface area contributed by atoms with Crippen LogP contribution in [-0.4, -0.2) is 165 Å². The summed E-state index contributed by atoms with van der Waals surface area (Å²) in [6, 6.07) is -1.23. The van der Waals surface area contributed by atoms with Crippen molar-refractivity contribution in [3.8, 4) is 0 Å². The lowest BCUT2D eigenvalue weighted by molar-refractivity contribution is -0.264. The maximum absolute atomic E-state index is 11.1. The summed E-state index contributed by atoms with van der Waals surface area (Å²) in [6.07, 6.45) is 1.19. The highest BCUT2D eigenvalue weighted by Gasteiger charge is 2.47. The molecule has 0 amide bonds. The van der Waals surface area contributed by atoms with Crippen LogP contribution in [0, 0.1) is 5.92 Å². The Morgan fingerprint density at radius 1 is 0.690 bits per heavy atom. The van der Waals surface area contributed by atoms with Gasteiger partial charge in [0.1, 0.15) is 42.6 Å². The fourth-order valence-corrected chi connectivity index (χ4v) is 5.24. The molecule has 0 aliphatic carbocycles. The molecule has 0 aromatic heterocycles. The topological polar surface area (TPSA) is 164 Å². The molecule has 4 saturated heterocycles. The Morgan fingerprint density at radius 2 is 1.21 bits per heavy atom. The second-order valence-corrected chi connectivity index (χ2v) is 10.9. The van der Waals surface area contributed by atoms with Gasteiger partial charge in [-0.25, -0.2) is 0 Å². The molecule has 0 spiro atoms. The van der Waals surface area contributed by atoms with E-state index >= 15 is 0 Å². The number of hydrogen-bond donors (Lipinski definition) is 2. The molecule has 0 aromatic carbocycles. The largest absolute Gasteiger partial charge is 0.390 e. The van der Waals surface area contributed by atoms with E-state index in [1.54, 1.807) is 19.5 Å². The molecule has 14 heteroatoms. The number of ether oxygens (including phenoxy) is 10. The summed E-state index contributed by atoms with van der Waals surface area (Å²) in [6.45, 7) is 3.26. The van der Waals surface area contributed by atoms with Crippen molar-refractivity contribution in [3.05, 3.63) is 0 Å². The van der Waals surface area contributed by atoms with Crippen LogP contribution in [0.1, 0.15) is 19.3 Å². The fourth-order valence-electron chi connectivity index (χ4n) is 5.24. The lowest BCUT2D eigenvalue weighted by atomic mass is 9.88. The van der Waals surface area contributed by atoms with E-state index in [0.717, 1.165) is 6.42 Å². The first kappa shape index (κ1) is 33.7. The minimum absolute atomic E-state index is 0.139. The third kappa shape index (κ3) is 9.68. The molecule has 12 atom stereocenters. The molecule has 0 bridgehead atoms. The first-order chi connectivity index (χ1) is 20.5. The van der Waals surface area contributed by atoms with Crippen molar-refractivity contribution < 1.29 is 57.6 Å². The van der Waals surface area contributed by atoms with Gasteiger partial charge in [-0.2, -0.15) is 0 Å². The summed E-state index contributed by atoms with van der Waals surface area (Å²) in [5.74, 6) is -0.317. The van der Waals surface area contributed by atoms with Crippen molar-refractivity contribution in [2.45, 2.75) is 86.7 Å². The van der Waals surface area contributed by atoms with Crippen LogP contribution < -0.4 is 0 Å². The monoisotopic (exact) mass is 604 g/mol. The maximum Gasteiger partial charge on any atom is 0.182 e. The van der Waals surface area contributed by atoms with Crippen LogP contribution in [0.2, 0.25) is 0 Å². The molecule has 4 fully saturated rings. The standard InChI is InChI=1S/C28H48N2O12/c1-33-14-19-20(15-37-10-17-12-39-17)41-27(35-3)22(24(19)31)29-8-6-5-7-9-30-23-25(32)26(34-2)21(42-28(23)36-4)16-38-11-18-13-40-18/h8-9,17-28,31-32H,5-7,10-16H2,1-4H3. The van der Waals surface area contributed by atoms with E-state index in [1.807, 2.05) is 0 Å². The van der Waals surface area contributed by atoms with E-state index in [9.17, 15) is 10.2 Å². The molecule has 0 radical (unpaired) electrons. The number of rotatable bonds is 19. The molecular formula is C28H48N2O12. The van der Waals surface area contributed by atoms with E-state index < -0.39 is 49.1 Å². The number of epoxide rings is 2. The van der Waals surface area contributed by atoms with Crippen LogP contribution in [0.5, 0.6) is 0 Å². The molecule has 242 valence electrons. The highest BCUT2D eigenvalue weighted by atomic mass is 16.7. The number of aliphatic hydroxyl groups is 2. The second kappa shape index (κ2) is 17.4. The minimum atomic E-state index is -0.924. The molecule has 0 saturated carbocycles. The summed E-state index contributed by atoms with van der Waals surface area (Å²) < 4.78 is 55.7. The van der Waals surface area contributed by atoms with Crippen molar-refractivity contribution in [2.75, 3.05) is 74.7 Å². The summed E-state index contributed by atoms with van der Waals surface area (Å²) >= 11 is 0. The Bertz CT molecular complexity index is 829. The summed E-state index contributed by atoms with van der Waals surface area (Å²) in [5, 5.41) is 22.1. The van der Waals surface area contributed by atoms with Crippen LogP contribution in [0.4, 0.5) is 0 Å². The Labute approximate surface area is 247 Å². The Kier molecular flexibility index (Phi) is 14.0. The average Bonchev–Trinajstić information content (AvgIpc) is 3.92. The zero-order valence-electron chi connectivity index (χ0n) is 25.0. The summed E-state index contributed by atoms with van der Waals surface area (Å²) in [7, 11) is 6.17. The molecule has 4 heterocycles. The zero-order chi connectivity index (χ0) is 29.9. The van der Waals surface area contributed by atoms with Gasteiger partial charge in [-0.1, -0.05) is 0 Å². The molecule has 2 N–H and O–H groups in total. The van der Waals surface area contributed by atoms with Gasteiger partial charge in [0.2, 0.25) is 0 Å². The third-order valence-corrected chi connectivity index (χ3v) is 7.79. The van der Waals surface area contributed by atoms with Gasteiger partial charge in [-0.15, -0.1) is 0 Å². The number of aliphatic hydroxyl groups excluding tert-OH is 2. The van der Waals surface area contributed by atoms with Crippen molar-refractivity contribution in [3.63, 3.8) is 0 Å². The van der Waals surface area contributed by atoms with E-state index in [-0.39, 0.29) is 30.8 Å². The smallest absolute Gasteiger partial charge is 0.182 e. The predicted molar refractivity (Wildman–Crippen MR) is 149 cm³/mol. The van der Waals surface area contributed by atoms with Crippen LogP contribution >= 0.6 is 0 Å². The summed E-state index contributed by atoms with van der Waals surface area (Å²) in [5.41, 5.74) is 0. The van der Waals surface area contributed by atoms with Crippen LogP contribution in [-0.2, 0) is 47.4 Å². The van der Waals surface area contributed by atoms with Gasteiger partial charge in [0.25, 0.3) is 0 Å². The molecule has 14 nitrogen and oxygen atoms in total. The van der Waals surface area contributed by atoms with E-state index in [2.05, 4.69) is 9.98 Å². The number of unbranched alkanes of at least 4 members (excludes halogenated alkanes) is 2. The first-order valence-corrected chi connectivity index (χ1v) is 14.7. The van der Waals surface area contributed by atoms with Crippen molar-refractivity contribution in [2.24, 2.45) is 15.9 Å². The van der Waals surface area contributed by atoms with Crippen LogP contribution in [0.25, 0.3) is 0 Å². The normalized spacial score (nSPS) is 40.2. The minimum Gasteiger partial charge on any atom is -0.390 e. The molecule has 4 aliphatic rings. The van der Waals surface area contributed by atoms with Gasteiger partial charge in [-0.3, -0.25) is 9.98 Å². The lowest BCUT2D eigenvalue weighted by Crippen LogP contribution is -2.59. The number of nitrogens with zero attached hydrogens (tertiary/aromatic N) is 2. The maximum atomic E-state index is 11.1. The second-order valence-electron chi connectivity index (χ2n) is 10.9. The van der Waals surface area contributed by atoms with Gasteiger partial charge < -0.3 is 57.6 Å². The van der Waals surface area contributed by atoms with Crippen LogP contribution in [0.3, 0.4) is 0 Å². The molecule has 42 heavy (non-hydrogen) atoms. The third-order valence-electron chi connectivity index (χ3n) is 7.79. The quantitative estimate of drug-likeness (QED) is 0.112.